The normalized spacial score (nSPS) is 21.7. The summed E-state index contributed by atoms with van der Waals surface area (Å²) in [6.45, 7) is 3.73. The largest absolute Gasteiger partial charge is 0.271 e. The van der Waals surface area contributed by atoms with E-state index in [0.29, 0.717) is 11.8 Å². The summed E-state index contributed by atoms with van der Waals surface area (Å²) in [5, 5.41) is 8.67. The molecule has 0 aliphatic carbocycles. The van der Waals surface area contributed by atoms with Crippen molar-refractivity contribution in [1.29, 1.82) is 0 Å². The molecule has 2 amide bonds. The first-order chi connectivity index (χ1) is 12.4. The molecule has 2 atom stereocenters. The summed E-state index contributed by atoms with van der Waals surface area (Å²) in [5.74, 6) is -2.68. The summed E-state index contributed by atoms with van der Waals surface area (Å²) < 4.78 is 27.3. The number of halogens is 2. The van der Waals surface area contributed by atoms with E-state index in [2.05, 4.69) is 10.3 Å². The van der Waals surface area contributed by atoms with Crippen LogP contribution in [0.1, 0.15) is 11.1 Å². The summed E-state index contributed by atoms with van der Waals surface area (Å²) in [4.78, 5) is 26.7. The Kier molecular flexibility index (Phi) is 3.57. The van der Waals surface area contributed by atoms with Crippen LogP contribution >= 0.6 is 0 Å². The van der Waals surface area contributed by atoms with Crippen LogP contribution in [0.5, 0.6) is 0 Å². The van der Waals surface area contributed by atoms with Crippen molar-refractivity contribution < 1.29 is 18.4 Å². The van der Waals surface area contributed by atoms with Gasteiger partial charge in [0.25, 0.3) is 11.8 Å². The van der Waals surface area contributed by atoms with Gasteiger partial charge in [-0.25, -0.2) is 18.7 Å². The standard InChI is InChI=1S/C18H14F2N4O2/c1-9-5-10(2)7-12(6-9)23-17(25)15-16(18(23)26)24(22-21-15)14-4-3-11(19)8-13(14)20/h3-8,15-16H,1-2H3/t15-,16-/m0/s1. The Morgan fingerprint density at radius 1 is 0.962 bits per heavy atom. The number of imide groups is 1. The number of nitrogens with zero attached hydrogens (tertiary/aromatic N) is 4. The zero-order valence-electron chi connectivity index (χ0n) is 14.0. The highest BCUT2D eigenvalue weighted by Crippen LogP contribution is 2.36. The fourth-order valence-corrected chi connectivity index (χ4v) is 3.36. The second kappa shape index (κ2) is 5.69. The summed E-state index contributed by atoms with van der Waals surface area (Å²) in [5.41, 5.74) is 2.15. The molecule has 1 fully saturated rings. The van der Waals surface area contributed by atoms with Gasteiger partial charge in [0.2, 0.25) is 0 Å². The number of carbonyl (C=O) groups is 2. The van der Waals surface area contributed by atoms with Crippen LogP contribution in [0.2, 0.25) is 0 Å². The van der Waals surface area contributed by atoms with Crippen LogP contribution in [0.25, 0.3) is 0 Å². The first-order valence-electron chi connectivity index (χ1n) is 7.98. The molecule has 0 spiro atoms. The lowest BCUT2D eigenvalue weighted by molar-refractivity contribution is -0.121. The Morgan fingerprint density at radius 3 is 2.31 bits per heavy atom. The topological polar surface area (TPSA) is 65.3 Å². The first-order valence-corrected chi connectivity index (χ1v) is 7.98. The summed E-state index contributed by atoms with van der Waals surface area (Å²) >= 11 is 0. The minimum absolute atomic E-state index is 0.105. The highest BCUT2D eigenvalue weighted by atomic mass is 19.1. The van der Waals surface area contributed by atoms with Crippen LogP contribution in [0.4, 0.5) is 20.2 Å². The molecule has 1 saturated heterocycles. The Bertz CT molecular complexity index is 955. The molecule has 2 aromatic carbocycles. The maximum absolute atomic E-state index is 14.1. The second-order valence-corrected chi connectivity index (χ2v) is 6.39. The van der Waals surface area contributed by atoms with Gasteiger partial charge in [-0.15, -0.1) is 0 Å². The molecular weight excluding hydrogens is 342 g/mol. The van der Waals surface area contributed by atoms with Gasteiger partial charge in [0.05, 0.1) is 11.4 Å². The first kappa shape index (κ1) is 16.3. The van der Waals surface area contributed by atoms with E-state index in [1.807, 2.05) is 19.9 Å². The van der Waals surface area contributed by atoms with E-state index in [1.54, 1.807) is 12.1 Å². The molecule has 0 aromatic heterocycles. The zero-order valence-corrected chi connectivity index (χ0v) is 14.0. The van der Waals surface area contributed by atoms with Crippen molar-refractivity contribution in [3.63, 3.8) is 0 Å². The van der Waals surface area contributed by atoms with Crippen molar-refractivity contribution in [2.75, 3.05) is 9.91 Å². The van der Waals surface area contributed by atoms with Gasteiger partial charge in [0, 0.05) is 6.07 Å². The molecule has 2 aliphatic heterocycles. The third-order valence-electron chi connectivity index (χ3n) is 4.40. The van der Waals surface area contributed by atoms with Gasteiger partial charge in [0.1, 0.15) is 5.82 Å². The number of hydrogen-bond acceptors (Lipinski definition) is 5. The van der Waals surface area contributed by atoms with Crippen molar-refractivity contribution in [1.82, 2.24) is 0 Å². The van der Waals surface area contributed by atoms with Crippen LogP contribution < -0.4 is 9.91 Å². The maximum atomic E-state index is 14.1. The van der Waals surface area contributed by atoms with Crippen LogP contribution in [0, 0.1) is 25.5 Å². The number of amides is 2. The monoisotopic (exact) mass is 356 g/mol. The molecule has 8 heteroatoms. The van der Waals surface area contributed by atoms with E-state index in [-0.39, 0.29) is 5.69 Å². The number of aryl methyl sites for hydroxylation is 2. The number of carbonyl (C=O) groups excluding carboxylic acids is 2. The Labute approximate surface area is 147 Å². The molecule has 2 aliphatic rings. The van der Waals surface area contributed by atoms with Crippen molar-refractivity contribution in [3.8, 4) is 0 Å². The maximum Gasteiger partial charge on any atom is 0.263 e. The molecule has 0 bridgehead atoms. The summed E-state index contributed by atoms with van der Waals surface area (Å²) in [6.07, 6.45) is 0. The third kappa shape index (κ3) is 2.37. The fourth-order valence-electron chi connectivity index (χ4n) is 3.36. The quantitative estimate of drug-likeness (QED) is 0.777. The lowest BCUT2D eigenvalue weighted by atomic mass is 10.1. The molecule has 0 N–H and O–H groups in total. The molecule has 132 valence electrons. The lowest BCUT2D eigenvalue weighted by Gasteiger charge is -2.21. The van der Waals surface area contributed by atoms with Gasteiger partial charge in [-0.05, 0) is 49.2 Å². The number of benzene rings is 2. The summed E-state index contributed by atoms with van der Waals surface area (Å²) in [6, 6.07) is 6.17. The van der Waals surface area contributed by atoms with Crippen LogP contribution in [0.15, 0.2) is 46.7 Å². The molecule has 4 rings (SSSR count). The number of rotatable bonds is 2. The van der Waals surface area contributed by atoms with E-state index >= 15 is 0 Å². The van der Waals surface area contributed by atoms with E-state index < -0.39 is 35.5 Å². The SMILES string of the molecule is Cc1cc(C)cc(N2C(=O)[C@H]3N=NN(c4ccc(F)cc4F)[C@@H]3C2=O)c1. The number of hydrogen-bond donors (Lipinski definition) is 0. The van der Waals surface area contributed by atoms with Gasteiger partial charge in [-0.1, -0.05) is 11.3 Å². The Hall–Kier alpha value is -3.16. The van der Waals surface area contributed by atoms with Crippen LogP contribution in [-0.4, -0.2) is 23.9 Å². The third-order valence-corrected chi connectivity index (χ3v) is 4.40. The number of fused-ring (bicyclic) bond motifs is 1. The molecule has 6 nitrogen and oxygen atoms in total. The van der Waals surface area contributed by atoms with E-state index in [1.165, 1.54) is 6.07 Å². The van der Waals surface area contributed by atoms with E-state index in [0.717, 1.165) is 27.1 Å². The molecule has 0 unspecified atom stereocenters. The zero-order chi connectivity index (χ0) is 18.6. The highest BCUT2D eigenvalue weighted by Gasteiger charge is 2.55. The van der Waals surface area contributed by atoms with Crippen molar-refractivity contribution in [2.24, 2.45) is 10.3 Å². The number of anilines is 2. The molecule has 2 aromatic rings. The Balaban J connectivity index is 1.74. The van der Waals surface area contributed by atoms with Crippen molar-refractivity contribution >= 4 is 23.2 Å². The Morgan fingerprint density at radius 2 is 1.65 bits per heavy atom. The minimum atomic E-state index is -1.08. The van der Waals surface area contributed by atoms with Crippen molar-refractivity contribution in [3.05, 3.63) is 59.2 Å². The van der Waals surface area contributed by atoms with Crippen LogP contribution in [-0.2, 0) is 9.59 Å². The predicted molar refractivity (Wildman–Crippen MR) is 89.7 cm³/mol. The van der Waals surface area contributed by atoms with Crippen molar-refractivity contribution in [2.45, 2.75) is 25.9 Å². The van der Waals surface area contributed by atoms with Gasteiger partial charge in [-0.3, -0.25) is 9.59 Å². The van der Waals surface area contributed by atoms with Gasteiger partial charge in [0.15, 0.2) is 17.9 Å². The summed E-state index contributed by atoms with van der Waals surface area (Å²) in [7, 11) is 0. The molecule has 0 radical (unpaired) electrons. The van der Waals surface area contributed by atoms with Gasteiger partial charge >= 0.3 is 0 Å². The van der Waals surface area contributed by atoms with Gasteiger partial charge < -0.3 is 0 Å². The average molecular weight is 356 g/mol. The molecule has 26 heavy (non-hydrogen) atoms. The molecular formula is C18H14F2N4O2. The lowest BCUT2D eigenvalue weighted by Crippen LogP contribution is -2.40. The van der Waals surface area contributed by atoms with E-state index in [4.69, 9.17) is 0 Å². The minimum Gasteiger partial charge on any atom is -0.271 e. The molecule has 2 heterocycles. The predicted octanol–water partition coefficient (Wildman–Crippen LogP) is 3.08. The van der Waals surface area contributed by atoms with E-state index in [9.17, 15) is 18.4 Å². The fraction of sp³-hybridized carbons (Fsp3) is 0.222. The van der Waals surface area contributed by atoms with Crippen LogP contribution in [0.3, 0.4) is 0 Å². The average Bonchev–Trinajstić information content (AvgIpc) is 3.07. The van der Waals surface area contributed by atoms with Gasteiger partial charge in [-0.2, -0.15) is 5.11 Å². The second-order valence-electron chi connectivity index (χ2n) is 6.39. The molecule has 0 saturated carbocycles. The smallest absolute Gasteiger partial charge is 0.263 e. The highest BCUT2D eigenvalue weighted by molar-refractivity contribution is 6.26.